The Hall–Kier alpha value is -0.290. The van der Waals surface area contributed by atoms with Gasteiger partial charge >= 0.3 is 0 Å². The molecule has 0 saturated heterocycles. The average Bonchev–Trinajstić information content (AvgIpc) is 1.91. The van der Waals surface area contributed by atoms with Crippen LogP contribution in [-0.2, 0) is 0 Å². The van der Waals surface area contributed by atoms with Crippen molar-refractivity contribution in [3.63, 3.8) is 0 Å². The first kappa shape index (κ1) is 8.71. The summed E-state index contributed by atoms with van der Waals surface area (Å²) in [6.45, 7) is 2.10. The maximum atomic E-state index is 8.40. The van der Waals surface area contributed by atoms with Crippen LogP contribution >= 0.6 is 15.9 Å². The van der Waals surface area contributed by atoms with Crippen LogP contribution in [0.4, 0.5) is 0 Å². The Kier molecular flexibility index (Phi) is 5.65. The van der Waals surface area contributed by atoms with Gasteiger partial charge in [-0.25, -0.2) is 0 Å². The highest BCUT2D eigenvalue weighted by Gasteiger charge is 1.87. The fraction of sp³-hybridized carbons (Fsp3) is 0.571. The van der Waals surface area contributed by atoms with Crippen molar-refractivity contribution in [3.05, 3.63) is 11.6 Å². The third-order valence-corrected chi connectivity index (χ3v) is 1.57. The number of unbranched alkanes of at least 4 members (excludes halogenated alkanes) is 1. The third kappa shape index (κ3) is 4.23. The molecule has 0 N–H and O–H groups in total. The topological polar surface area (TPSA) is 23.8 Å². The standard InChI is InChI=1S/C7H10BrN/c1-2-3-4-7(5-8)6-9/h4H,2-3,5H2,1H3. The summed E-state index contributed by atoms with van der Waals surface area (Å²) in [4.78, 5) is 0. The fourth-order valence-corrected chi connectivity index (χ4v) is 0.803. The van der Waals surface area contributed by atoms with E-state index < -0.39 is 0 Å². The number of hydrogen-bond donors (Lipinski definition) is 0. The Morgan fingerprint density at radius 1 is 1.78 bits per heavy atom. The van der Waals surface area contributed by atoms with Gasteiger partial charge in [0.2, 0.25) is 0 Å². The van der Waals surface area contributed by atoms with Crippen LogP contribution in [0.15, 0.2) is 11.6 Å². The van der Waals surface area contributed by atoms with E-state index in [0.29, 0.717) is 5.33 Å². The van der Waals surface area contributed by atoms with E-state index in [1.54, 1.807) is 0 Å². The predicted molar refractivity (Wildman–Crippen MR) is 42.4 cm³/mol. The van der Waals surface area contributed by atoms with Crippen LogP contribution in [0.25, 0.3) is 0 Å². The van der Waals surface area contributed by atoms with Gasteiger partial charge in [-0.3, -0.25) is 0 Å². The molecule has 0 atom stereocenters. The van der Waals surface area contributed by atoms with E-state index in [1.165, 1.54) is 0 Å². The summed E-state index contributed by atoms with van der Waals surface area (Å²) in [5, 5.41) is 9.09. The molecule has 0 amide bonds. The lowest BCUT2D eigenvalue weighted by Crippen LogP contribution is -1.77. The van der Waals surface area contributed by atoms with Crippen molar-refractivity contribution in [2.75, 3.05) is 5.33 Å². The Labute approximate surface area is 64.5 Å². The van der Waals surface area contributed by atoms with E-state index in [9.17, 15) is 0 Å². The van der Waals surface area contributed by atoms with Gasteiger partial charge in [-0.15, -0.1) is 0 Å². The summed E-state index contributed by atoms with van der Waals surface area (Å²) in [6.07, 6.45) is 4.08. The number of hydrogen-bond acceptors (Lipinski definition) is 1. The number of allylic oxidation sites excluding steroid dienone is 2. The van der Waals surface area contributed by atoms with Crippen LogP contribution in [-0.4, -0.2) is 5.33 Å². The molecular formula is C7H10BrN. The van der Waals surface area contributed by atoms with Gasteiger partial charge in [-0.05, 0) is 6.42 Å². The quantitative estimate of drug-likeness (QED) is 0.493. The second kappa shape index (κ2) is 5.84. The zero-order valence-corrected chi connectivity index (χ0v) is 7.11. The Morgan fingerprint density at radius 3 is 2.78 bits per heavy atom. The lowest BCUT2D eigenvalue weighted by molar-refractivity contribution is 0.953. The van der Waals surface area contributed by atoms with E-state index in [4.69, 9.17) is 5.26 Å². The normalized spacial score (nSPS) is 11.0. The number of halogens is 1. The van der Waals surface area contributed by atoms with Crippen LogP contribution < -0.4 is 0 Å². The molecule has 0 saturated carbocycles. The van der Waals surface area contributed by atoms with Crippen molar-refractivity contribution < 1.29 is 0 Å². The molecule has 0 radical (unpaired) electrons. The molecule has 9 heavy (non-hydrogen) atoms. The molecule has 0 aromatic carbocycles. The van der Waals surface area contributed by atoms with Gasteiger partial charge < -0.3 is 0 Å². The summed E-state index contributed by atoms with van der Waals surface area (Å²) >= 11 is 3.22. The van der Waals surface area contributed by atoms with Crippen molar-refractivity contribution in [3.8, 4) is 6.07 Å². The fourth-order valence-electron chi connectivity index (χ4n) is 0.449. The molecule has 0 fully saturated rings. The monoisotopic (exact) mass is 187 g/mol. The smallest absolute Gasteiger partial charge is 0.0952 e. The van der Waals surface area contributed by atoms with Crippen molar-refractivity contribution in [2.24, 2.45) is 0 Å². The van der Waals surface area contributed by atoms with E-state index in [0.717, 1.165) is 18.4 Å². The number of nitrogens with zero attached hydrogens (tertiary/aromatic N) is 1. The lowest BCUT2D eigenvalue weighted by Gasteiger charge is -1.87. The van der Waals surface area contributed by atoms with Gasteiger partial charge in [0.15, 0.2) is 0 Å². The van der Waals surface area contributed by atoms with Crippen LogP contribution in [0.1, 0.15) is 19.8 Å². The molecule has 0 heterocycles. The maximum Gasteiger partial charge on any atom is 0.0952 e. The van der Waals surface area contributed by atoms with Crippen LogP contribution in [0.2, 0.25) is 0 Å². The highest BCUT2D eigenvalue weighted by Crippen LogP contribution is 2.00. The molecule has 0 aromatic rings. The van der Waals surface area contributed by atoms with E-state index in [1.807, 2.05) is 6.08 Å². The van der Waals surface area contributed by atoms with Crippen LogP contribution in [0.3, 0.4) is 0 Å². The SMILES string of the molecule is CCCC=C(C#N)CBr. The molecule has 1 nitrogen and oxygen atoms in total. The summed E-state index contributed by atoms with van der Waals surface area (Å²) in [5.41, 5.74) is 0.830. The largest absolute Gasteiger partial charge is 0.193 e. The first-order chi connectivity index (χ1) is 4.35. The van der Waals surface area contributed by atoms with Gasteiger partial charge in [0, 0.05) is 10.9 Å². The molecule has 50 valence electrons. The first-order valence-electron chi connectivity index (χ1n) is 3.00. The van der Waals surface area contributed by atoms with Crippen molar-refractivity contribution in [1.29, 1.82) is 5.26 Å². The van der Waals surface area contributed by atoms with Crippen molar-refractivity contribution >= 4 is 15.9 Å². The minimum absolute atomic E-state index is 0.684. The number of nitriles is 1. The molecule has 0 spiro atoms. The summed E-state index contributed by atoms with van der Waals surface area (Å²) in [5.74, 6) is 0. The molecule has 0 aliphatic heterocycles. The summed E-state index contributed by atoms with van der Waals surface area (Å²) in [6, 6.07) is 2.10. The van der Waals surface area contributed by atoms with Crippen LogP contribution in [0, 0.1) is 11.3 Å². The highest BCUT2D eigenvalue weighted by atomic mass is 79.9. The molecule has 0 aromatic heterocycles. The summed E-state index contributed by atoms with van der Waals surface area (Å²) < 4.78 is 0. The molecule has 0 bridgehead atoms. The summed E-state index contributed by atoms with van der Waals surface area (Å²) in [7, 11) is 0. The van der Waals surface area contributed by atoms with E-state index >= 15 is 0 Å². The van der Waals surface area contributed by atoms with Gasteiger partial charge in [0.05, 0.1) is 6.07 Å². The highest BCUT2D eigenvalue weighted by molar-refractivity contribution is 9.09. The minimum atomic E-state index is 0.684. The first-order valence-corrected chi connectivity index (χ1v) is 4.12. The molecule has 0 rings (SSSR count). The molecule has 2 heteroatoms. The zero-order valence-electron chi connectivity index (χ0n) is 5.52. The lowest BCUT2D eigenvalue weighted by atomic mass is 10.2. The predicted octanol–water partition coefficient (Wildman–Crippen LogP) is 2.63. The molecule has 0 aliphatic rings. The van der Waals surface area contributed by atoms with Crippen LogP contribution in [0.5, 0.6) is 0 Å². The second-order valence-corrected chi connectivity index (χ2v) is 2.32. The van der Waals surface area contributed by atoms with E-state index in [-0.39, 0.29) is 0 Å². The third-order valence-electron chi connectivity index (χ3n) is 0.967. The van der Waals surface area contributed by atoms with Gasteiger partial charge in [0.25, 0.3) is 0 Å². The van der Waals surface area contributed by atoms with Gasteiger partial charge in [0.1, 0.15) is 0 Å². The van der Waals surface area contributed by atoms with Crippen molar-refractivity contribution in [1.82, 2.24) is 0 Å². The van der Waals surface area contributed by atoms with E-state index in [2.05, 4.69) is 28.9 Å². The number of rotatable bonds is 3. The molecule has 0 aliphatic carbocycles. The van der Waals surface area contributed by atoms with Gasteiger partial charge in [-0.2, -0.15) is 5.26 Å². The number of alkyl halides is 1. The minimum Gasteiger partial charge on any atom is -0.193 e. The Bertz CT molecular complexity index is 132. The Balaban J connectivity index is 3.66. The Morgan fingerprint density at radius 2 is 2.44 bits per heavy atom. The van der Waals surface area contributed by atoms with Crippen molar-refractivity contribution in [2.45, 2.75) is 19.8 Å². The van der Waals surface area contributed by atoms with Gasteiger partial charge in [-0.1, -0.05) is 35.4 Å². The maximum absolute atomic E-state index is 8.40. The average molecular weight is 188 g/mol. The molecular weight excluding hydrogens is 178 g/mol. The molecule has 0 unspecified atom stereocenters. The zero-order chi connectivity index (χ0) is 7.11. The second-order valence-electron chi connectivity index (χ2n) is 1.76.